The van der Waals surface area contributed by atoms with E-state index in [0.717, 1.165) is 39.0 Å². The summed E-state index contributed by atoms with van der Waals surface area (Å²) in [6, 6.07) is 0.112. The van der Waals surface area contributed by atoms with Gasteiger partial charge < -0.3 is 4.90 Å². The summed E-state index contributed by atoms with van der Waals surface area (Å²) in [6.07, 6.45) is 1.75. The lowest BCUT2D eigenvalue weighted by atomic mass is 10.1. The molecule has 14 heavy (non-hydrogen) atoms. The number of carbonyl (C=O) groups excluding carboxylic acids is 1. The summed E-state index contributed by atoms with van der Waals surface area (Å²) in [5.41, 5.74) is 0. The van der Waals surface area contributed by atoms with Crippen molar-refractivity contribution in [1.29, 1.82) is 0 Å². The van der Waals surface area contributed by atoms with Gasteiger partial charge in [-0.25, -0.2) is 0 Å². The minimum absolute atomic E-state index is 0.112. The van der Waals surface area contributed by atoms with Crippen molar-refractivity contribution in [3.05, 3.63) is 6.92 Å². The molecule has 1 atom stereocenters. The molecule has 1 radical (unpaired) electrons. The molecule has 1 aliphatic rings. The minimum Gasteiger partial charge on any atom is -0.304 e. The fourth-order valence-corrected chi connectivity index (χ4v) is 1.97. The van der Waals surface area contributed by atoms with E-state index in [-0.39, 0.29) is 6.04 Å². The van der Waals surface area contributed by atoms with Crippen LogP contribution < -0.4 is 0 Å². The summed E-state index contributed by atoms with van der Waals surface area (Å²) in [4.78, 5) is 16.0. The van der Waals surface area contributed by atoms with E-state index in [1.807, 2.05) is 0 Å². The molecule has 0 N–H and O–H groups in total. The molecule has 1 fully saturated rings. The van der Waals surface area contributed by atoms with Crippen LogP contribution in [-0.4, -0.2) is 54.9 Å². The summed E-state index contributed by atoms with van der Waals surface area (Å²) in [5, 5.41) is 0. The highest BCUT2D eigenvalue weighted by Gasteiger charge is 2.24. The molecule has 3 nitrogen and oxygen atoms in total. The SMILES string of the molecule is [CH2]CCC(C(C)=O)N1CCN(C)CC1. The van der Waals surface area contributed by atoms with Crippen molar-refractivity contribution in [3.63, 3.8) is 0 Å². The lowest BCUT2D eigenvalue weighted by molar-refractivity contribution is -0.123. The quantitative estimate of drug-likeness (QED) is 0.666. The van der Waals surface area contributed by atoms with Crippen molar-refractivity contribution in [2.45, 2.75) is 25.8 Å². The van der Waals surface area contributed by atoms with Crippen LogP contribution in [0.25, 0.3) is 0 Å². The second-order valence-electron chi connectivity index (χ2n) is 4.11. The number of nitrogens with zero attached hydrogens (tertiary/aromatic N) is 2. The monoisotopic (exact) mass is 197 g/mol. The normalized spacial score (nSPS) is 22.2. The molecule has 0 saturated carbocycles. The zero-order valence-corrected chi connectivity index (χ0v) is 9.33. The van der Waals surface area contributed by atoms with Gasteiger partial charge in [0.25, 0.3) is 0 Å². The van der Waals surface area contributed by atoms with Gasteiger partial charge in [0.1, 0.15) is 5.78 Å². The highest BCUT2D eigenvalue weighted by molar-refractivity contribution is 5.81. The maximum Gasteiger partial charge on any atom is 0.146 e. The number of likely N-dealkylation sites (N-methyl/N-ethyl adjacent to an activating group) is 1. The summed E-state index contributed by atoms with van der Waals surface area (Å²) in [5.74, 6) is 0.290. The van der Waals surface area contributed by atoms with Crippen LogP contribution in [0.1, 0.15) is 19.8 Å². The van der Waals surface area contributed by atoms with Crippen LogP contribution in [0.4, 0.5) is 0 Å². The first-order chi connectivity index (χ1) is 6.65. The molecule has 1 heterocycles. The van der Waals surface area contributed by atoms with Crippen molar-refractivity contribution in [3.8, 4) is 0 Å². The van der Waals surface area contributed by atoms with E-state index in [0.29, 0.717) is 5.78 Å². The third-order valence-corrected chi connectivity index (χ3v) is 2.93. The van der Waals surface area contributed by atoms with Crippen LogP contribution in [0.5, 0.6) is 0 Å². The largest absolute Gasteiger partial charge is 0.304 e. The molecule has 0 aromatic carbocycles. The fraction of sp³-hybridized carbons (Fsp3) is 0.818. The summed E-state index contributed by atoms with van der Waals surface area (Å²) in [6.45, 7) is 9.69. The molecular weight excluding hydrogens is 176 g/mol. The molecule has 0 bridgehead atoms. The summed E-state index contributed by atoms with van der Waals surface area (Å²) < 4.78 is 0. The highest BCUT2D eigenvalue weighted by atomic mass is 16.1. The van der Waals surface area contributed by atoms with Crippen LogP contribution in [0.2, 0.25) is 0 Å². The van der Waals surface area contributed by atoms with Gasteiger partial charge in [0.15, 0.2) is 0 Å². The van der Waals surface area contributed by atoms with Gasteiger partial charge in [-0.2, -0.15) is 0 Å². The number of ketones is 1. The molecule has 1 aliphatic heterocycles. The standard InChI is InChI=1S/C11H21N2O/c1-4-5-11(10(2)14)13-8-6-12(3)7-9-13/h11H,1,4-9H2,2-3H3. The van der Waals surface area contributed by atoms with Crippen LogP contribution in [0.15, 0.2) is 0 Å². The molecule has 1 unspecified atom stereocenters. The highest BCUT2D eigenvalue weighted by Crippen LogP contribution is 2.11. The van der Waals surface area contributed by atoms with Crippen molar-refractivity contribution in [2.75, 3.05) is 33.2 Å². The average molecular weight is 197 g/mol. The Morgan fingerprint density at radius 2 is 1.93 bits per heavy atom. The second-order valence-corrected chi connectivity index (χ2v) is 4.11. The summed E-state index contributed by atoms with van der Waals surface area (Å²) in [7, 11) is 2.13. The molecular formula is C11H21N2O. The first kappa shape index (κ1) is 11.7. The Balaban J connectivity index is 2.47. The Morgan fingerprint density at radius 3 is 2.36 bits per heavy atom. The Kier molecular flexibility index (Phi) is 4.55. The number of Topliss-reactive ketones (excluding diaryl/α,β-unsaturated/α-hetero) is 1. The van der Waals surface area contributed by atoms with Gasteiger partial charge in [0.05, 0.1) is 6.04 Å². The first-order valence-corrected chi connectivity index (χ1v) is 5.37. The maximum absolute atomic E-state index is 11.4. The molecule has 81 valence electrons. The number of piperazine rings is 1. The van der Waals surface area contributed by atoms with Gasteiger partial charge >= 0.3 is 0 Å². The Morgan fingerprint density at radius 1 is 1.36 bits per heavy atom. The lowest BCUT2D eigenvalue weighted by Gasteiger charge is -2.36. The van der Waals surface area contributed by atoms with Crippen LogP contribution >= 0.6 is 0 Å². The predicted octanol–water partition coefficient (Wildman–Crippen LogP) is 0.806. The van der Waals surface area contributed by atoms with Gasteiger partial charge in [-0.05, 0) is 20.4 Å². The van der Waals surface area contributed by atoms with E-state index in [1.165, 1.54) is 0 Å². The van der Waals surface area contributed by atoms with Crippen LogP contribution in [-0.2, 0) is 4.79 Å². The Labute approximate surface area is 87.1 Å². The molecule has 0 spiro atoms. The van der Waals surface area contributed by atoms with Crippen LogP contribution in [0.3, 0.4) is 0 Å². The Bertz CT molecular complexity index is 186. The third-order valence-electron chi connectivity index (χ3n) is 2.93. The smallest absolute Gasteiger partial charge is 0.146 e. The molecule has 0 aliphatic carbocycles. The second kappa shape index (κ2) is 5.47. The molecule has 0 aromatic heterocycles. The fourth-order valence-electron chi connectivity index (χ4n) is 1.97. The Hall–Kier alpha value is -0.410. The predicted molar refractivity (Wildman–Crippen MR) is 58.1 cm³/mol. The molecule has 0 amide bonds. The number of rotatable bonds is 4. The van der Waals surface area contributed by atoms with E-state index in [2.05, 4.69) is 23.8 Å². The van der Waals surface area contributed by atoms with Gasteiger partial charge in [-0.1, -0.05) is 13.3 Å². The molecule has 1 rings (SSSR count). The van der Waals surface area contributed by atoms with Gasteiger partial charge in [0, 0.05) is 26.2 Å². The van der Waals surface area contributed by atoms with Gasteiger partial charge in [-0.3, -0.25) is 9.69 Å². The van der Waals surface area contributed by atoms with Crippen molar-refractivity contribution in [1.82, 2.24) is 9.80 Å². The number of carbonyl (C=O) groups is 1. The molecule has 0 aromatic rings. The number of hydrogen-bond donors (Lipinski definition) is 0. The van der Waals surface area contributed by atoms with E-state index >= 15 is 0 Å². The van der Waals surface area contributed by atoms with Gasteiger partial charge in [0.2, 0.25) is 0 Å². The summed E-state index contributed by atoms with van der Waals surface area (Å²) >= 11 is 0. The topological polar surface area (TPSA) is 23.6 Å². The van der Waals surface area contributed by atoms with Crippen molar-refractivity contribution in [2.24, 2.45) is 0 Å². The van der Waals surface area contributed by atoms with Gasteiger partial charge in [-0.15, -0.1) is 0 Å². The number of hydrogen-bond acceptors (Lipinski definition) is 3. The lowest BCUT2D eigenvalue weighted by Crippen LogP contribution is -2.51. The van der Waals surface area contributed by atoms with Crippen LogP contribution in [0, 0.1) is 6.92 Å². The first-order valence-electron chi connectivity index (χ1n) is 5.37. The molecule has 3 heteroatoms. The molecule has 1 saturated heterocycles. The van der Waals surface area contributed by atoms with E-state index in [1.54, 1.807) is 6.92 Å². The van der Waals surface area contributed by atoms with E-state index in [4.69, 9.17) is 0 Å². The zero-order chi connectivity index (χ0) is 10.6. The minimum atomic E-state index is 0.112. The van der Waals surface area contributed by atoms with E-state index < -0.39 is 0 Å². The average Bonchev–Trinajstić information content (AvgIpc) is 2.15. The maximum atomic E-state index is 11.4. The van der Waals surface area contributed by atoms with E-state index in [9.17, 15) is 4.79 Å². The van der Waals surface area contributed by atoms with Crippen molar-refractivity contribution >= 4 is 5.78 Å². The zero-order valence-electron chi connectivity index (χ0n) is 9.33. The third kappa shape index (κ3) is 3.07. The van der Waals surface area contributed by atoms with Crippen molar-refractivity contribution < 1.29 is 4.79 Å².